The number of ether oxygens (including phenoxy) is 1. The Bertz CT molecular complexity index is 153. The van der Waals surface area contributed by atoms with E-state index in [-0.39, 0.29) is 0 Å². The summed E-state index contributed by atoms with van der Waals surface area (Å²) in [6.07, 6.45) is 0. The second kappa shape index (κ2) is 3.70. The van der Waals surface area contributed by atoms with Crippen LogP contribution in [0.4, 0.5) is 0 Å². The van der Waals surface area contributed by atoms with Crippen LogP contribution in [-0.2, 0) is 4.74 Å². The van der Waals surface area contributed by atoms with Crippen molar-refractivity contribution in [3.8, 4) is 0 Å². The Morgan fingerprint density at radius 2 is 2.25 bits per heavy atom. The van der Waals surface area contributed by atoms with Crippen molar-refractivity contribution in [3.05, 3.63) is 0 Å². The molecule has 0 saturated carbocycles. The molecular formula is C8H17N3O. The van der Waals surface area contributed by atoms with Gasteiger partial charge in [-0.3, -0.25) is 10.3 Å². The van der Waals surface area contributed by atoms with Gasteiger partial charge >= 0.3 is 0 Å². The summed E-state index contributed by atoms with van der Waals surface area (Å²) in [4.78, 5) is 2.53. The van der Waals surface area contributed by atoms with Crippen molar-refractivity contribution in [2.45, 2.75) is 6.04 Å². The quantitative estimate of drug-likeness (QED) is 0.555. The monoisotopic (exact) mass is 171 g/mol. The van der Waals surface area contributed by atoms with Gasteiger partial charge in [-0.05, 0) is 7.05 Å². The molecule has 0 amide bonds. The summed E-state index contributed by atoms with van der Waals surface area (Å²) < 4.78 is 5.44. The fraction of sp³-hybridized carbons (Fsp3) is 1.00. The molecule has 0 aromatic heterocycles. The van der Waals surface area contributed by atoms with Gasteiger partial charge in [-0.1, -0.05) is 0 Å². The maximum Gasteiger partial charge on any atom is 0.0635 e. The normalized spacial score (nSPS) is 33.2. The Hall–Kier alpha value is -0.160. The third kappa shape index (κ3) is 1.61. The molecule has 0 aliphatic carbocycles. The Kier molecular flexibility index (Phi) is 2.60. The molecular weight excluding hydrogens is 154 g/mol. The molecule has 2 rings (SSSR count). The Labute approximate surface area is 73.4 Å². The van der Waals surface area contributed by atoms with E-state index in [1.54, 1.807) is 0 Å². The highest BCUT2D eigenvalue weighted by Gasteiger charge is 2.28. The predicted octanol–water partition coefficient (Wildman–Crippen LogP) is -0.863. The number of rotatable bonds is 1. The van der Waals surface area contributed by atoms with Crippen LogP contribution >= 0.6 is 0 Å². The summed E-state index contributed by atoms with van der Waals surface area (Å²) in [5.41, 5.74) is 3.19. The van der Waals surface area contributed by atoms with Crippen LogP contribution in [-0.4, -0.2) is 62.4 Å². The highest BCUT2D eigenvalue weighted by molar-refractivity contribution is 4.82. The molecule has 1 unspecified atom stereocenters. The molecule has 2 aliphatic rings. The minimum atomic E-state index is 0.611. The molecule has 0 aromatic carbocycles. The summed E-state index contributed by atoms with van der Waals surface area (Å²) in [7, 11) is 1.99. The number of nitrogens with one attached hydrogen (secondary N) is 1. The average Bonchev–Trinajstić information content (AvgIpc) is 2.17. The van der Waals surface area contributed by atoms with E-state index in [4.69, 9.17) is 4.74 Å². The van der Waals surface area contributed by atoms with Crippen molar-refractivity contribution >= 4 is 0 Å². The molecule has 12 heavy (non-hydrogen) atoms. The van der Waals surface area contributed by atoms with Crippen molar-refractivity contribution in [2.75, 3.05) is 46.4 Å². The fourth-order valence-corrected chi connectivity index (χ4v) is 1.95. The average molecular weight is 171 g/mol. The van der Waals surface area contributed by atoms with E-state index in [0.717, 1.165) is 32.8 Å². The van der Waals surface area contributed by atoms with Gasteiger partial charge in [0, 0.05) is 32.2 Å². The van der Waals surface area contributed by atoms with E-state index in [0.29, 0.717) is 6.04 Å². The van der Waals surface area contributed by atoms with Gasteiger partial charge in [0.15, 0.2) is 0 Å². The first-order chi connectivity index (χ1) is 5.90. The number of hydrogen-bond acceptors (Lipinski definition) is 4. The largest absolute Gasteiger partial charge is 0.378 e. The third-order valence-corrected chi connectivity index (χ3v) is 2.75. The number of morpholine rings is 1. The molecule has 0 radical (unpaired) electrons. The van der Waals surface area contributed by atoms with Gasteiger partial charge in [0.25, 0.3) is 0 Å². The minimum absolute atomic E-state index is 0.611. The van der Waals surface area contributed by atoms with Crippen LogP contribution in [0.15, 0.2) is 0 Å². The van der Waals surface area contributed by atoms with Crippen LogP contribution in [0.3, 0.4) is 0 Å². The van der Waals surface area contributed by atoms with Crippen LogP contribution < -0.4 is 5.43 Å². The van der Waals surface area contributed by atoms with E-state index < -0.39 is 0 Å². The maximum absolute atomic E-state index is 5.44. The molecule has 2 heterocycles. The molecule has 0 bridgehead atoms. The Balaban J connectivity index is 1.90. The zero-order chi connectivity index (χ0) is 8.39. The van der Waals surface area contributed by atoms with E-state index in [2.05, 4.69) is 15.3 Å². The van der Waals surface area contributed by atoms with Gasteiger partial charge in [0.05, 0.1) is 13.2 Å². The van der Waals surface area contributed by atoms with Crippen molar-refractivity contribution < 1.29 is 4.74 Å². The minimum Gasteiger partial charge on any atom is -0.378 e. The maximum atomic E-state index is 5.44. The highest BCUT2D eigenvalue weighted by Crippen LogP contribution is 2.11. The summed E-state index contributed by atoms with van der Waals surface area (Å²) >= 11 is 0. The highest BCUT2D eigenvalue weighted by atomic mass is 16.5. The number of hydrazine groups is 1. The van der Waals surface area contributed by atoms with Crippen LogP contribution in [0.25, 0.3) is 0 Å². The number of fused-ring (bicyclic) bond motifs is 1. The van der Waals surface area contributed by atoms with Gasteiger partial charge in [0.2, 0.25) is 0 Å². The standard InChI is InChI=1S/C8H17N3O/c1-9-11-3-2-10-4-5-12-7-8(10)6-11/h8-9H,2-7H2,1H3. The molecule has 0 aromatic rings. The Morgan fingerprint density at radius 1 is 1.33 bits per heavy atom. The number of nitrogens with zero attached hydrogens (tertiary/aromatic N) is 2. The first kappa shape index (κ1) is 8.44. The van der Waals surface area contributed by atoms with E-state index in [9.17, 15) is 0 Å². The lowest BCUT2D eigenvalue weighted by Gasteiger charge is -2.43. The second-order valence-corrected chi connectivity index (χ2v) is 3.43. The van der Waals surface area contributed by atoms with Crippen molar-refractivity contribution in [3.63, 3.8) is 0 Å². The molecule has 70 valence electrons. The predicted molar refractivity (Wildman–Crippen MR) is 46.8 cm³/mol. The van der Waals surface area contributed by atoms with E-state index in [1.807, 2.05) is 7.05 Å². The van der Waals surface area contributed by atoms with Gasteiger partial charge in [-0.2, -0.15) is 0 Å². The van der Waals surface area contributed by atoms with Crippen LogP contribution in [0.5, 0.6) is 0 Å². The molecule has 4 heteroatoms. The van der Waals surface area contributed by atoms with E-state index >= 15 is 0 Å². The molecule has 4 nitrogen and oxygen atoms in total. The van der Waals surface area contributed by atoms with Crippen LogP contribution in [0, 0.1) is 0 Å². The summed E-state index contributed by atoms with van der Waals surface area (Å²) in [6.45, 7) is 6.33. The lowest BCUT2D eigenvalue weighted by atomic mass is 10.2. The zero-order valence-corrected chi connectivity index (χ0v) is 7.62. The molecule has 1 N–H and O–H groups in total. The van der Waals surface area contributed by atoms with Crippen LogP contribution in [0.2, 0.25) is 0 Å². The smallest absolute Gasteiger partial charge is 0.0635 e. The van der Waals surface area contributed by atoms with Crippen molar-refractivity contribution in [1.29, 1.82) is 0 Å². The Morgan fingerprint density at radius 3 is 3.08 bits per heavy atom. The zero-order valence-electron chi connectivity index (χ0n) is 7.62. The van der Waals surface area contributed by atoms with Crippen molar-refractivity contribution in [1.82, 2.24) is 15.3 Å². The fourth-order valence-electron chi connectivity index (χ4n) is 1.95. The number of hydrogen-bond donors (Lipinski definition) is 1. The van der Waals surface area contributed by atoms with E-state index in [1.165, 1.54) is 6.54 Å². The van der Waals surface area contributed by atoms with Gasteiger partial charge in [0.1, 0.15) is 0 Å². The van der Waals surface area contributed by atoms with Crippen LogP contribution in [0.1, 0.15) is 0 Å². The summed E-state index contributed by atoms with van der Waals surface area (Å²) in [5.74, 6) is 0. The topological polar surface area (TPSA) is 27.7 Å². The van der Waals surface area contributed by atoms with Gasteiger partial charge < -0.3 is 4.74 Å². The first-order valence-electron chi connectivity index (χ1n) is 4.64. The van der Waals surface area contributed by atoms with Gasteiger partial charge in [-0.25, -0.2) is 5.01 Å². The number of piperazine rings is 1. The second-order valence-electron chi connectivity index (χ2n) is 3.43. The summed E-state index contributed by atoms with van der Waals surface area (Å²) in [5, 5.41) is 2.26. The summed E-state index contributed by atoms with van der Waals surface area (Å²) in [6, 6.07) is 0.611. The lowest BCUT2D eigenvalue weighted by Crippen LogP contribution is -2.60. The molecule has 2 aliphatic heterocycles. The SMILES string of the molecule is CNN1CCN2CCOCC2C1. The lowest BCUT2D eigenvalue weighted by molar-refractivity contribution is -0.0533. The molecule has 1 atom stereocenters. The molecule has 2 saturated heterocycles. The van der Waals surface area contributed by atoms with Crippen molar-refractivity contribution in [2.24, 2.45) is 0 Å². The molecule has 2 fully saturated rings. The first-order valence-corrected chi connectivity index (χ1v) is 4.64. The third-order valence-electron chi connectivity index (χ3n) is 2.75. The van der Waals surface area contributed by atoms with Gasteiger partial charge in [-0.15, -0.1) is 0 Å². The molecule has 0 spiro atoms.